The third kappa shape index (κ3) is 5.78. The van der Waals surface area contributed by atoms with E-state index in [1.165, 1.54) is 0 Å². The van der Waals surface area contributed by atoms with Crippen LogP contribution in [0.2, 0.25) is 0 Å². The molecule has 224 valence electrons. The Morgan fingerprint density at radius 1 is 0.543 bits per heavy atom. The molecule has 0 amide bonds. The maximum atomic E-state index is 11.3. The molecule has 4 nitrogen and oxygen atoms in total. The highest BCUT2D eigenvalue weighted by molar-refractivity contribution is 9.10. The van der Waals surface area contributed by atoms with Gasteiger partial charge in [-0.2, -0.15) is 0 Å². The fourth-order valence-corrected chi connectivity index (χ4v) is 6.51. The molecule has 0 fully saturated rings. The average Bonchev–Trinajstić information content (AvgIpc) is 3.65. The zero-order valence-corrected chi connectivity index (χ0v) is 27.8. The number of rotatable bonds is 5. The quantitative estimate of drug-likeness (QED) is 0.131. The predicted molar refractivity (Wildman–Crippen MR) is 195 cm³/mol. The van der Waals surface area contributed by atoms with Crippen molar-refractivity contribution in [2.75, 3.05) is 7.11 Å². The van der Waals surface area contributed by atoms with Gasteiger partial charge in [0.05, 0.1) is 13.4 Å². The minimum atomic E-state index is 0.668. The molecule has 2 heterocycles. The summed E-state index contributed by atoms with van der Waals surface area (Å²) in [4.78, 5) is 11.3. The number of fused-ring (bicyclic) bond motifs is 6. The largest absolute Gasteiger partial charge is 0.504 e. The maximum Gasteiger partial charge on any atom is 0.150 e. The Labute approximate surface area is 282 Å². The summed E-state index contributed by atoms with van der Waals surface area (Å²) in [6, 6.07) is 40.4. The zero-order chi connectivity index (χ0) is 31.6. The summed E-state index contributed by atoms with van der Waals surface area (Å²) < 4.78 is 18.8. The highest BCUT2D eigenvalue weighted by atomic mass is 79.9. The molecule has 46 heavy (non-hydrogen) atoms. The third-order valence-corrected chi connectivity index (χ3v) is 8.90. The molecule has 2 aromatic heterocycles. The van der Waals surface area contributed by atoms with Crippen molar-refractivity contribution in [3.05, 3.63) is 148 Å². The van der Waals surface area contributed by atoms with Gasteiger partial charge in [0.1, 0.15) is 22.3 Å². The highest BCUT2D eigenvalue weighted by Crippen LogP contribution is 2.36. The van der Waals surface area contributed by atoms with Gasteiger partial charge in [0.15, 0.2) is 6.29 Å². The highest BCUT2D eigenvalue weighted by Gasteiger charge is 2.12. The van der Waals surface area contributed by atoms with Crippen molar-refractivity contribution in [2.24, 2.45) is 0 Å². The molecule has 0 N–H and O–H groups in total. The Bertz CT molecular complexity index is 2410. The first-order chi connectivity index (χ1) is 22.5. The number of ether oxygens (including phenoxy) is 1. The Hall–Kier alpha value is -4.91. The van der Waals surface area contributed by atoms with Gasteiger partial charge in [-0.15, -0.1) is 0 Å². The van der Waals surface area contributed by atoms with E-state index in [-0.39, 0.29) is 0 Å². The molecule has 6 aromatic carbocycles. The van der Waals surface area contributed by atoms with Crippen LogP contribution in [0.15, 0.2) is 145 Å². The van der Waals surface area contributed by atoms with Gasteiger partial charge in [0.2, 0.25) is 0 Å². The molecule has 0 radical (unpaired) electrons. The number of furan rings is 2. The van der Waals surface area contributed by atoms with Gasteiger partial charge in [0, 0.05) is 36.1 Å². The number of halogens is 2. The SMILES string of the molecule is CO/C=C/c1cc(Br)ccc1-c1ccc2oc3ccccc3c2c1.O=Cc1cc(Br)ccc1-c1ccc2oc3ccccc3c2c1. The molecule has 0 saturated carbocycles. The van der Waals surface area contributed by atoms with E-state index in [9.17, 15) is 4.79 Å². The molecular weight excluding hydrogens is 704 g/mol. The van der Waals surface area contributed by atoms with E-state index in [1.807, 2.05) is 84.9 Å². The molecule has 0 atom stereocenters. The molecule has 8 aromatic rings. The van der Waals surface area contributed by atoms with Crippen LogP contribution < -0.4 is 0 Å². The van der Waals surface area contributed by atoms with Gasteiger partial charge in [-0.25, -0.2) is 0 Å². The lowest BCUT2D eigenvalue weighted by Gasteiger charge is -2.07. The monoisotopic (exact) mass is 728 g/mol. The molecule has 0 aliphatic rings. The van der Waals surface area contributed by atoms with Crippen molar-refractivity contribution in [1.29, 1.82) is 0 Å². The minimum Gasteiger partial charge on any atom is -0.504 e. The number of carbonyl (C=O) groups is 1. The second-order valence-corrected chi connectivity index (χ2v) is 12.6. The van der Waals surface area contributed by atoms with Crippen LogP contribution in [0.1, 0.15) is 15.9 Å². The van der Waals surface area contributed by atoms with Crippen molar-refractivity contribution in [2.45, 2.75) is 0 Å². The zero-order valence-electron chi connectivity index (χ0n) is 24.7. The lowest BCUT2D eigenvalue weighted by molar-refractivity contribution is 0.112. The van der Waals surface area contributed by atoms with E-state index < -0.39 is 0 Å². The predicted octanol–water partition coefficient (Wildman–Crippen LogP) is 12.5. The number of carbonyl (C=O) groups excluding carboxylic acids is 1. The number of aldehydes is 1. The first-order valence-corrected chi connectivity index (χ1v) is 16.2. The normalized spacial score (nSPS) is 11.4. The maximum absolute atomic E-state index is 11.3. The number of benzene rings is 6. The van der Waals surface area contributed by atoms with Gasteiger partial charge in [-0.05, 0) is 94.6 Å². The van der Waals surface area contributed by atoms with Gasteiger partial charge < -0.3 is 13.6 Å². The summed E-state index contributed by atoms with van der Waals surface area (Å²) in [7, 11) is 1.65. The topological polar surface area (TPSA) is 52.6 Å². The second kappa shape index (κ2) is 12.8. The smallest absolute Gasteiger partial charge is 0.150 e. The lowest BCUT2D eigenvalue weighted by Crippen LogP contribution is -1.87. The van der Waals surface area contributed by atoms with E-state index in [0.29, 0.717) is 5.56 Å². The van der Waals surface area contributed by atoms with Crippen molar-refractivity contribution in [1.82, 2.24) is 0 Å². The molecule has 0 bridgehead atoms. The Morgan fingerprint density at radius 2 is 1.02 bits per heavy atom. The van der Waals surface area contributed by atoms with E-state index in [2.05, 4.69) is 74.3 Å². The molecule has 0 aliphatic heterocycles. The molecule has 6 heteroatoms. The van der Waals surface area contributed by atoms with Crippen LogP contribution in [-0.4, -0.2) is 13.4 Å². The van der Waals surface area contributed by atoms with Crippen LogP contribution in [0, 0.1) is 0 Å². The summed E-state index contributed by atoms with van der Waals surface area (Å²) in [5.74, 6) is 0. The van der Waals surface area contributed by atoms with Crippen LogP contribution in [0.3, 0.4) is 0 Å². The summed E-state index contributed by atoms with van der Waals surface area (Å²) in [5, 5.41) is 4.42. The van der Waals surface area contributed by atoms with Crippen LogP contribution in [0.5, 0.6) is 0 Å². The van der Waals surface area contributed by atoms with Crippen LogP contribution >= 0.6 is 31.9 Å². The van der Waals surface area contributed by atoms with Gasteiger partial charge in [0.25, 0.3) is 0 Å². The van der Waals surface area contributed by atoms with E-state index in [4.69, 9.17) is 13.6 Å². The Kier molecular flexibility index (Phi) is 8.31. The van der Waals surface area contributed by atoms with Crippen LogP contribution in [0.25, 0.3) is 72.2 Å². The number of para-hydroxylation sites is 2. The van der Waals surface area contributed by atoms with E-state index in [0.717, 1.165) is 86.9 Å². The summed E-state index contributed by atoms with van der Waals surface area (Å²) in [6.45, 7) is 0. The summed E-state index contributed by atoms with van der Waals surface area (Å²) in [5.41, 5.74) is 9.55. The van der Waals surface area contributed by atoms with Crippen molar-refractivity contribution >= 4 is 88.1 Å². The molecule has 0 unspecified atom stereocenters. The van der Waals surface area contributed by atoms with Crippen molar-refractivity contribution in [3.63, 3.8) is 0 Å². The third-order valence-electron chi connectivity index (χ3n) is 7.91. The number of hydrogen-bond donors (Lipinski definition) is 0. The Morgan fingerprint density at radius 3 is 1.54 bits per heavy atom. The Balaban J connectivity index is 0.000000147. The fourth-order valence-electron chi connectivity index (χ4n) is 5.76. The van der Waals surface area contributed by atoms with Crippen molar-refractivity contribution in [3.8, 4) is 22.3 Å². The van der Waals surface area contributed by atoms with Crippen LogP contribution in [-0.2, 0) is 4.74 Å². The van der Waals surface area contributed by atoms with E-state index in [1.54, 1.807) is 13.4 Å². The number of methoxy groups -OCH3 is 1. The lowest BCUT2D eigenvalue weighted by atomic mass is 9.98. The van der Waals surface area contributed by atoms with Gasteiger partial charge >= 0.3 is 0 Å². The summed E-state index contributed by atoms with van der Waals surface area (Å²) in [6.07, 6.45) is 4.55. The first kappa shape index (κ1) is 29.8. The molecule has 8 rings (SSSR count). The van der Waals surface area contributed by atoms with Crippen LogP contribution in [0.4, 0.5) is 0 Å². The number of hydrogen-bond acceptors (Lipinski definition) is 4. The summed E-state index contributed by atoms with van der Waals surface area (Å²) >= 11 is 6.94. The second-order valence-electron chi connectivity index (χ2n) is 10.7. The minimum absolute atomic E-state index is 0.668. The molecular formula is C40H26Br2O4. The average molecular weight is 730 g/mol. The molecule has 0 saturated heterocycles. The van der Waals surface area contributed by atoms with Gasteiger partial charge in [-0.3, -0.25) is 4.79 Å². The molecule has 0 aliphatic carbocycles. The van der Waals surface area contributed by atoms with Gasteiger partial charge in [-0.1, -0.05) is 92.5 Å². The first-order valence-electron chi connectivity index (χ1n) is 14.6. The molecule has 0 spiro atoms. The van der Waals surface area contributed by atoms with Crippen molar-refractivity contribution < 1.29 is 18.4 Å². The standard InChI is InChI=1S/C21H15BrO2.C19H11BrO2/c1-23-11-10-15-12-16(22)7-8-17(15)14-6-9-21-19(13-14)18-4-2-3-5-20(18)24-21;20-14-6-7-15(13(9-14)11-21)12-5-8-19-17(10-12)16-3-1-2-4-18(16)22-19/h2-13H,1H3;1-11H/b11-10+;. The van der Waals surface area contributed by atoms with E-state index >= 15 is 0 Å². The fraction of sp³-hybridized carbons (Fsp3) is 0.0250.